The van der Waals surface area contributed by atoms with E-state index in [1.54, 1.807) is 0 Å². The van der Waals surface area contributed by atoms with Crippen molar-refractivity contribution < 1.29 is 21.6 Å². The molecule has 0 radical (unpaired) electrons. The summed E-state index contributed by atoms with van der Waals surface area (Å²) in [6, 6.07) is 9.75. The molecule has 150 valence electrons. The number of nitrogens with zero attached hydrogens (tertiary/aromatic N) is 1. The minimum atomic E-state index is -3.82. The van der Waals surface area contributed by atoms with Crippen molar-refractivity contribution in [3.63, 3.8) is 0 Å². The molecule has 0 unspecified atom stereocenters. The van der Waals surface area contributed by atoms with Crippen LogP contribution in [0.15, 0.2) is 47.4 Å². The van der Waals surface area contributed by atoms with Crippen molar-refractivity contribution in [1.29, 1.82) is 0 Å². The van der Waals surface area contributed by atoms with E-state index in [9.17, 15) is 21.6 Å². The highest BCUT2D eigenvalue weighted by atomic mass is 35.5. The second-order valence-electron chi connectivity index (χ2n) is 6.28. The lowest BCUT2D eigenvalue weighted by molar-refractivity contribution is 0.102. The highest BCUT2D eigenvalue weighted by molar-refractivity contribution is 7.92. The van der Waals surface area contributed by atoms with E-state index in [0.717, 1.165) is 0 Å². The van der Waals surface area contributed by atoms with Crippen molar-refractivity contribution in [1.82, 2.24) is 0 Å². The molecule has 1 aliphatic rings. The van der Waals surface area contributed by atoms with Crippen LogP contribution in [0.25, 0.3) is 0 Å². The second-order valence-corrected chi connectivity index (χ2v) is 10.3. The molecule has 1 amide bonds. The maximum Gasteiger partial charge on any atom is 0.255 e. The maximum atomic E-state index is 12.5. The van der Waals surface area contributed by atoms with Gasteiger partial charge >= 0.3 is 0 Å². The summed E-state index contributed by atoms with van der Waals surface area (Å²) in [4.78, 5) is 12.5. The number of nitrogens with two attached hydrogens (primary N) is 1. The van der Waals surface area contributed by atoms with Crippen molar-refractivity contribution in [3.8, 4) is 0 Å². The first kappa shape index (κ1) is 20.6. The topological polar surface area (TPSA) is 127 Å². The van der Waals surface area contributed by atoms with Crippen molar-refractivity contribution >= 4 is 48.9 Å². The van der Waals surface area contributed by atoms with Gasteiger partial charge in [-0.2, -0.15) is 0 Å². The maximum absolute atomic E-state index is 12.5. The van der Waals surface area contributed by atoms with E-state index in [-0.39, 0.29) is 26.9 Å². The first-order valence-electron chi connectivity index (χ1n) is 8.32. The number of halogens is 1. The van der Waals surface area contributed by atoms with Gasteiger partial charge in [0.05, 0.1) is 21.4 Å². The van der Waals surface area contributed by atoms with Gasteiger partial charge in [-0.3, -0.25) is 9.10 Å². The van der Waals surface area contributed by atoms with E-state index < -0.39 is 26.0 Å². The molecule has 0 spiro atoms. The molecule has 2 aromatic rings. The fourth-order valence-electron chi connectivity index (χ4n) is 2.84. The van der Waals surface area contributed by atoms with Crippen molar-refractivity contribution in [2.75, 3.05) is 21.9 Å². The highest BCUT2D eigenvalue weighted by Gasteiger charge is 2.28. The molecule has 2 aromatic carbocycles. The lowest BCUT2D eigenvalue weighted by Crippen LogP contribution is -2.38. The highest BCUT2D eigenvalue weighted by Crippen LogP contribution is 2.32. The molecule has 3 N–H and O–H groups in total. The van der Waals surface area contributed by atoms with Gasteiger partial charge in [0, 0.05) is 17.8 Å². The summed E-state index contributed by atoms with van der Waals surface area (Å²) in [5, 5.41) is 7.90. The lowest BCUT2D eigenvalue weighted by atomic mass is 10.1. The van der Waals surface area contributed by atoms with E-state index >= 15 is 0 Å². The number of benzene rings is 2. The average Bonchev–Trinajstić information content (AvgIpc) is 2.62. The van der Waals surface area contributed by atoms with Gasteiger partial charge in [-0.25, -0.2) is 22.0 Å². The van der Waals surface area contributed by atoms with E-state index in [1.165, 1.54) is 46.8 Å². The molecule has 0 atom stereocenters. The van der Waals surface area contributed by atoms with E-state index in [2.05, 4.69) is 5.32 Å². The second kappa shape index (κ2) is 7.70. The molecule has 0 saturated carbocycles. The number of anilines is 2. The van der Waals surface area contributed by atoms with E-state index in [0.29, 0.717) is 25.1 Å². The molecule has 0 aliphatic carbocycles. The molecule has 0 bridgehead atoms. The molecule has 8 nitrogen and oxygen atoms in total. The first-order chi connectivity index (χ1) is 13.1. The smallest absolute Gasteiger partial charge is 0.255 e. The van der Waals surface area contributed by atoms with Crippen LogP contribution >= 0.6 is 11.6 Å². The third-order valence-corrected chi connectivity index (χ3v) is 7.37. The summed E-state index contributed by atoms with van der Waals surface area (Å²) in [5.74, 6) is -0.452. The van der Waals surface area contributed by atoms with Gasteiger partial charge in [0.1, 0.15) is 0 Å². The Morgan fingerprint density at radius 2 is 1.79 bits per heavy atom. The molecule has 1 saturated heterocycles. The van der Waals surface area contributed by atoms with Gasteiger partial charge in [-0.15, -0.1) is 0 Å². The summed E-state index contributed by atoms with van der Waals surface area (Å²) in [6.45, 7) is 0.308. The van der Waals surface area contributed by atoms with Crippen LogP contribution in [-0.4, -0.2) is 35.0 Å². The van der Waals surface area contributed by atoms with Crippen LogP contribution in [-0.2, 0) is 20.0 Å². The minimum Gasteiger partial charge on any atom is -0.322 e. The Labute approximate surface area is 168 Å². The monoisotopic (exact) mass is 443 g/mol. The molecule has 28 heavy (non-hydrogen) atoms. The normalized spacial score (nSPS) is 16.6. The molecule has 3 rings (SSSR count). The zero-order chi connectivity index (χ0) is 20.5. The van der Waals surface area contributed by atoms with Crippen LogP contribution in [0.1, 0.15) is 23.2 Å². The lowest BCUT2D eigenvalue weighted by Gasteiger charge is -2.29. The Kier molecular flexibility index (Phi) is 5.67. The number of hydrogen-bond acceptors (Lipinski definition) is 5. The average molecular weight is 444 g/mol. The van der Waals surface area contributed by atoms with Gasteiger partial charge in [0.2, 0.25) is 20.0 Å². The van der Waals surface area contributed by atoms with Crippen LogP contribution < -0.4 is 14.8 Å². The van der Waals surface area contributed by atoms with E-state index in [4.69, 9.17) is 16.7 Å². The molecule has 0 aromatic heterocycles. The Morgan fingerprint density at radius 1 is 1.11 bits per heavy atom. The van der Waals surface area contributed by atoms with Crippen molar-refractivity contribution in [2.45, 2.75) is 17.7 Å². The summed E-state index contributed by atoms with van der Waals surface area (Å²) in [6.07, 6.45) is 1.30. The third-order valence-electron chi connectivity index (χ3n) is 4.27. The molecule has 1 fully saturated rings. The van der Waals surface area contributed by atoms with Gasteiger partial charge < -0.3 is 5.32 Å². The Morgan fingerprint density at radius 3 is 2.39 bits per heavy atom. The van der Waals surface area contributed by atoms with E-state index in [1.807, 2.05) is 0 Å². The van der Waals surface area contributed by atoms with Crippen LogP contribution in [0.5, 0.6) is 0 Å². The molecular formula is C17H18ClN3O5S2. The zero-order valence-electron chi connectivity index (χ0n) is 14.6. The summed E-state index contributed by atoms with van der Waals surface area (Å²) < 4.78 is 48.5. The summed E-state index contributed by atoms with van der Waals surface area (Å²) in [5.41, 5.74) is 0.841. The molecule has 1 aliphatic heterocycles. The van der Waals surface area contributed by atoms with Crippen LogP contribution in [0, 0.1) is 0 Å². The Bertz CT molecular complexity index is 1120. The Balaban J connectivity index is 1.85. The van der Waals surface area contributed by atoms with Gasteiger partial charge in [-0.05, 0) is 55.3 Å². The SMILES string of the molecule is NS(=O)(=O)c1ccc(NC(=O)c2ccc(Cl)c(N3CCCCS3(=O)=O)c2)cc1. The molecular weight excluding hydrogens is 426 g/mol. The Hall–Kier alpha value is -2.14. The van der Waals surface area contributed by atoms with Crippen LogP contribution in [0.2, 0.25) is 5.02 Å². The number of primary sulfonamides is 1. The number of amides is 1. The van der Waals surface area contributed by atoms with Gasteiger partial charge in [-0.1, -0.05) is 11.6 Å². The molecule has 1 heterocycles. The number of carbonyl (C=O) groups is 1. The largest absolute Gasteiger partial charge is 0.322 e. The summed E-state index contributed by atoms with van der Waals surface area (Å²) >= 11 is 6.18. The van der Waals surface area contributed by atoms with Gasteiger partial charge in [0.25, 0.3) is 5.91 Å². The van der Waals surface area contributed by atoms with Gasteiger partial charge in [0.15, 0.2) is 0 Å². The summed E-state index contributed by atoms with van der Waals surface area (Å²) in [7, 11) is -7.29. The predicted molar refractivity (Wildman–Crippen MR) is 108 cm³/mol. The fraction of sp³-hybridized carbons (Fsp3) is 0.235. The number of rotatable bonds is 4. The number of sulfonamides is 2. The van der Waals surface area contributed by atoms with Crippen LogP contribution in [0.4, 0.5) is 11.4 Å². The number of nitrogens with one attached hydrogen (secondary N) is 1. The third kappa shape index (κ3) is 4.46. The predicted octanol–water partition coefficient (Wildman–Crippen LogP) is 2.17. The fourth-order valence-corrected chi connectivity index (χ4v) is 5.27. The van der Waals surface area contributed by atoms with Crippen LogP contribution in [0.3, 0.4) is 0 Å². The quantitative estimate of drug-likeness (QED) is 0.748. The van der Waals surface area contributed by atoms with Crippen molar-refractivity contribution in [3.05, 3.63) is 53.1 Å². The standard InChI is InChI=1S/C17H18ClN3O5S2/c18-15-8-3-12(11-16(15)21-9-1-2-10-27(21,23)24)17(22)20-13-4-6-14(7-5-13)28(19,25)26/h3-8,11H,1-2,9-10H2,(H,20,22)(H2,19,25,26). The number of hydrogen-bond donors (Lipinski definition) is 2. The zero-order valence-corrected chi connectivity index (χ0v) is 17.0. The van der Waals surface area contributed by atoms with Crippen molar-refractivity contribution in [2.24, 2.45) is 5.14 Å². The number of carbonyl (C=O) groups excluding carboxylic acids is 1. The minimum absolute atomic E-state index is 0.0378. The first-order valence-corrected chi connectivity index (χ1v) is 11.9. The molecule has 11 heteroatoms.